The first-order valence-corrected chi connectivity index (χ1v) is 4.87. The molecule has 0 bridgehead atoms. The summed E-state index contributed by atoms with van der Waals surface area (Å²) in [6.07, 6.45) is 0.876. The van der Waals surface area contributed by atoms with E-state index in [1.807, 2.05) is 30.3 Å². The molecule has 1 unspecified atom stereocenters. The third-order valence-electron chi connectivity index (χ3n) is 2.19. The zero-order valence-corrected chi connectivity index (χ0v) is 8.54. The monoisotopic (exact) mass is 203 g/mol. The molecule has 15 heavy (non-hydrogen) atoms. The molecule has 0 fully saturated rings. The number of hydrogen-bond acceptors (Lipinski definition) is 3. The van der Waals surface area contributed by atoms with Gasteiger partial charge in [0.05, 0.1) is 6.54 Å². The molecule has 0 amide bonds. The first-order chi connectivity index (χ1) is 7.27. The summed E-state index contributed by atoms with van der Waals surface area (Å²) in [7, 11) is 0. The number of benzene rings is 1. The summed E-state index contributed by atoms with van der Waals surface area (Å²) in [5.41, 5.74) is 1.14. The molecule has 0 saturated carbocycles. The lowest BCUT2D eigenvalue weighted by Gasteiger charge is -2.07. The van der Waals surface area contributed by atoms with Crippen LogP contribution in [0.2, 0.25) is 0 Å². The van der Waals surface area contributed by atoms with Crippen molar-refractivity contribution in [1.29, 1.82) is 0 Å². The van der Waals surface area contributed by atoms with Crippen LogP contribution in [-0.4, -0.2) is 19.9 Å². The highest BCUT2D eigenvalue weighted by Crippen LogP contribution is 2.09. The first kappa shape index (κ1) is 9.86. The fourth-order valence-corrected chi connectivity index (χ4v) is 1.47. The Morgan fingerprint density at radius 2 is 2.07 bits per heavy atom. The van der Waals surface area contributed by atoms with Gasteiger partial charge in [-0.05, 0) is 12.5 Å². The van der Waals surface area contributed by atoms with Crippen LogP contribution in [0.4, 0.5) is 0 Å². The molecule has 0 radical (unpaired) electrons. The molecular formula is C11H13N3O. The second kappa shape index (κ2) is 4.23. The summed E-state index contributed by atoms with van der Waals surface area (Å²) >= 11 is 0. The van der Waals surface area contributed by atoms with Crippen LogP contribution in [0.1, 0.15) is 24.4 Å². The average Bonchev–Trinajstić information content (AvgIpc) is 2.67. The van der Waals surface area contributed by atoms with Crippen molar-refractivity contribution in [1.82, 2.24) is 14.8 Å². The zero-order valence-electron chi connectivity index (χ0n) is 8.54. The number of nitrogens with zero attached hydrogens (tertiary/aromatic N) is 3. The second-order valence-electron chi connectivity index (χ2n) is 3.44. The lowest BCUT2D eigenvalue weighted by atomic mass is 10.2. The molecule has 2 aromatic rings. The molecule has 1 aromatic heterocycles. The quantitative estimate of drug-likeness (QED) is 0.819. The van der Waals surface area contributed by atoms with E-state index in [2.05, 4.69) is 10.1 Å². The molecule has 78 valence electrons. The Kier molecular flexibility index (Phi) is 2.78. The zero-order chi connectivity index (χ0) is 10.7. The third kappa shape index (κ3) is 2.22. The van der Waals surface area contributed by atoms with E-state index in [4.69, 9.17) is 0 Å². The van der Waals surface area contributed by atoms with Gasteiger partial charge in [0.2, 0.25) is 0 Å². The van der Waals surface area contributed by atoms with Crippen LogP contribution >= 0.6 is 0 Å². The van der Waals surface area contributed by atoms with Gasteiger partial charge in [-0.25, -0.2) is 9.67 Å². The van der Waals surface area contributed by atoms with Crippen molar-refractivity contribution < 1.29 is 5.11 Å². The van der Waals surface area contributed by atoms with Crippen molar-refractivity contribution in [2.45, 2.75) is 19.6 Å². The average molecular weight is 203 g/mol. The van der Waals surface area contributed by atoms with E-state index in [0.29, 0.717) is 12.4 Å². The molecule has 1 aromatic carbocycles. The highest BCUT2D eigenvalue weighted by Gasteiger charge is 2.09. The van der Waals surface area contributed by atoms with E-state index >= 15 is 0 Å². The van der Waals surface area contributed by atoms with E-state index in [-0.39, 0.29) is 0 Å². The number of rotatable bonds is 3. The SMILES string of the molecule is CC(O)c1ncnn1Cc1ccccc1. The van der Waals surface area contributed by atoms with Crippen molar-refractivity contribution in [3.63, 3.8) is 0 Å². The van der Waals surface area contributed by atoms with Crippen LogP contribution in [0, 0.1) is 0 Å². The summed E-state index contributed by atoms with van der Waals surface area (Å²) in [6, 6.07) is 9.98. The third-order valence-corrected chi connectivity index (χ3v) is 2.19. The van der Waals surface area contributed by atoms with Crippen LogP contribution in [0.25, 0.3) is 0 Å². The minimum absolute atomic E-state index is 0.587. The van der Waals surface area contributed by atoms with Crippen LogP contribution in [-0.2, 0) is 6.54 Å². The Hall–Kier alpha value is -1.68. The van der Waals surface area contributed by atoms with Gasteiger partial charge in [-0.1, -0.05) is 30.3 Å². The second-order valence-corrected chi connectivity index (χ2v) is 3.44. The molecule has 4 heteroatoms. The maximum atomic E-state index is 9.45. The fourth-order valence-electron chi connectivity index (χ4n) is 1.47. The molecule has 0 spiro atoms. The van der Waals surface area contributed by atoms with Crippen LogP contribution in [0.3, 0.4) is 0 Å². The Balaban J connectivity index is 2.21. The Bertz CT molecular complexity index is 422. The van der Waals surface area contributed by atoms with Crippen molar-refractivity contribution in [2.24, 2.45) is 0 Å². The molecule has 1 heterocycles. The van der Waals surface area contributed by atoms with Crippen LogP contribution < -0.4 is 0 Å². The van der Waals surface area contributed by atoms with Crippen LogP contribution in [0.15, 0.2) is 36.7 Å². The molecule has 2 rings (SSSR count). The Labute approximate surface area is 88.2 Å². The van der Waals surface area contributed by atoms with Crippen molar-refractivity contribution in [2.75, 3.05) is 0 Å². The first-order valence-electron chi connectivity index (χ1n) is 4.87. The predicted molar refractivity (Wildman–Crippen MR) is 56.2 cm³/mol. The number of aromatic nitrogens is 3. The molecule has 4 nitrogen and oxygen atoms in total. The summed E-state index contributed by atoms with van der Waals surface area (Å²) in [4.78, 5) is 4.01. The molecule has 0 aliphatic rings. The number of aliphatic hydroxyl groups excluding tert-OH is 1. The van der Waals surface area contributed by atoms with Crippen molar-refractivity contribution in [3.8, 4) is 0 Å². The summed E-state index contributed by atoms with van der Waals surface area (Å²) < 4.78 is 1.71. The van der Waals surface area contributed by atoms with Gasteiger partial charge in [-0.2, -0.15) is 5.10 Å². The molecule has 0 aliphatic carbocycles. The van der Waals surface area contributed by atoms with E-state index in [0.717, 1.165) is 5.56 Å². The van der Waals surface area contributed by atoms with Gasteiger partial charge in [-0.3, -0.25) is 0 Å². The molecular weight excluding hydrogens is 190 g/mol. The molecule has 0 saturated heterocycles. The van der Waals surface area contributed by atoms with E-state index < -0.39 is 6.10 Å². The molecule has 1 atom stereocenters. The van der Waals surface area contributed by atoms with Gasteiger partial charge in [0.15, 0.2) is 5.82 Å². The van der Waals surface area contributed by atoms with E-state index in [1.54, 1.807) is 11.6 Å². The summed E-state index contributed by atoms with van der Waals surface area (Å²) in [6.45, 7) is 2.33. The van der Waals surface area contributed by atoms with Crippen molar-refractivity contribution in [3.05, 3.63) is 48.0 Å². The summed E-state index contributed by atoms with van der Waals surface area (Å²) in [5.74, 6) is 0.596. The molecule has 0 aliphatic heterocycles. The van der Waals surface area contributed by atoms with Gasteiger partial charge in [0.1, 0.15) is 12.4 Å². The Morgan fingerprint density at radius 3 is 2.73 bits per heavy atom. The predicted octanol–water partition coefficient (Wildman–Crippen LogP) is 1.38. The lowest BCUT2D eigenvalue weighted by molar-refractivity contribution is 0.182. The standard InChI is InChI=1S/C11H13N3O/c1-9(15)11-12-8-13-14(11)7-10-5-3-2-4-6-10/h2-6,8-9,15H,7H2,1H3. The fraction of sp³-hybridized carbons (Fsp3) is 0.273. The highest BCUT2D eigenvalue weighted by atomic mass is 16.3. The molecule has 1 N–H and O–H groups in total. The summed E-state index contributed by atoms with van der Waals surface area (Å²) in [5, 5.41) is 13.5. The van der Waals surface area contributed by atoms with E-state index in [1.165, 1.54) is 6.33 Å². The van der Waals surface area contributed by atoms with Gasteiger partial charge in [-0.15, -0.1) is 0 Å². The minimum Gasteiger partial charge on any atom is -0.385 e. The maximum absolute atomic E-state index is 9.45. The number of aliphatic hydroxyl groups is 1. The topological polar surface area (TPSA) is 50.9 Å². The smallest absolute Gasteiger partial charge is 0.155 e. The normalized spacial score (nSPS) is 12.7. The van der Waals surface area contributed by atoms with Gasteiger partial charge >= 0.3 is 0 Å². The largest absolute Gasteiger partial charge is 0.385 e. The van der Waals surface area contributed by atoms with Crippen molar-refractivity contribution >= 4 is 0 Å². The highest BCUT2D eigenvalue weighted by molar-refractivity contribution is 5.15. The van der Waals surface area contributed by atoms with Crippen LogP contribution in [0.5, 0.6) is 0 Å². The maximum Gasteiger partial charge on any atom is 0.155 e. The van der Waals surface area contributed by atoms with Gasteiger partial charge < -0.3 is 5.11 Å². The Morgan fingerprint density at radius 1 is 1.33 bits per heavy atom. The van der Waals surface area contributed by atoms with Gasteiger partial charge in [0, 0.05) is 0 Å². The number of hydrogen-bond donors (Lipinski definition) is 1. The van der Waals surface area contributed by atoms with E-state index in [9.17, 15) is 5.11 Å². The van der Waals surface area contributed by atoms with Gasteiger partial charge in [0.25, 0.3) is 0 Å². The lowest BCUT2D eigenvalue weighted by Crippen LogP contribution is -2.09. The minimum atomic E-state index is -0.587.